The van der Waals surface area contributed by atoms with Crippen molar-refractivity contribution in [2.24, 2.45) is 5.92 Å². The molecule has 2 aliphatic rings. The van der Waals surface area contributed by atoms with Gasteiger partial charge in [0.2, 0.25) is 0 Å². The third kappa shape index (κ3) is 1.86. The van der Waals surface area contributed by atoms with E-state index in [4.69, 9.17) is 0 Å². The topological polar surface area (TPSA) is 29.1 Å². The molecule has 1 amide bonds. The summed E-state index contributed by atoms with van der Waals surface area (Å²) in [6.45, 7) is 2.88. The molecule has 90 valence electrons. The molecule has 0 bridgehead atoms. The first-order valence-electron chi connectivity index (χ1n) is 6.64. The monoisotopic (exact) mass is 229 g/mol. The number of rotatable bonds is 1. The first-order valence-corrected chi connectivity index (χ1v) is 6.64. The molecule has 0 spiro atoms. The molecule has 1 N–H and O–H groups in total. The van der Waals surface area contributed by atoms with Crippen LogP contribution in [0.15, 0.2) is 18.2 Å². The van der Waals surface area contributed by atoms with Gasteiger partial charge in [-0.1, -0.05) is 30.5 Å². The highest BCUT2D eigenvalue weighted by Gasteiger charge is 2.32. The zero-order valence-electron chi connectivity index (χ0n) is 10.3. The minimum absolute atomic E-state index is 0.109. The van der Waals surface area contributed by atoms with E-state index in [0.29, 0.717) is 5.92 Å². The average Bonchev–Trinajstić information content (AvgIpc) is 2.84. The number of nitrogens with one attached hydrogen (secondary N) is 1. The van der Waals surface area contributed by atoms with Crippen LogP contribution in [-0.2, 0) is 0 Å². The lowest BCUT2D eigenvalue weighted by atomic mass is 9.80. The lowest BCUT2D eigenvalue weighted by Crippen LogP contribution is -2.37. The lowest BCUT2D eigenvalue weighted by molar-refractivity contribution is 0.0934. The van der Waals surface area contributed by atoms with Crippen LogP contribution in [0.25, 0.3) is 0 Å². The summed E-state index contributed by atoms with van der Waals surface area (Å²) in [7, 11) is 0. The van der Waals surface area contributed by atoms with Gasteiger partial charge in [0, 0.05) is 18.0 Å². The molecule has 1 aliphatic carbocycles. The van der Waals surface area contributed by atoms with Crippen LogP contribution in [0, 0.1) is 12.8 Å². The van der Waals surface area contributed by atoms with Crippen molar-refractivity contribution in [3.63, 3.8) is 0 Å². The first kappa shape index (κ1) is 10.8. The quantitative estimate of drug-likeness (QED) is 0.788. The highest BCUT2D eigenvalue weighted by Crippen LogP contribution is 2.39. The number of carbonyl (C=O) groups excluding carboxylic acids is 1. The predicted octanol–water partition coefficient (Wildman–Crippen LogP) is 3.01. The molecule has 1 heterocycles. The van der Waals surface area contributed by atoms with Crippen molar-refractivity contribution in [1.29, 1.82) is 0 Å². The van der Waals surface area contributed by atoms with Crippen LogP contribution in [0.3, 0.4) is 0 Å². The Kier molecular flexibility index (Phi) is 2.65. The van der Waals surface area contributed by atoms with Crippen LogP contribution in [0.2, 0.25) is 0 Å². The van der Waals surface area contributed by atoms with Gasteiger partial charge >= 0.3 is 0 Å². The molecule has 2 nitrogen and oxygen atoms in total. The van der Waals surface area contributed by atoms with Crippen molar-refractivity contribution in [2.75, 3.05) is 6.54 Å². The largest absolute Gasteiger partial charge is 0.351 e. The maximum atomic E-state index is 11.9. The van der Waals surface area contributed by atoms with Crippen molar-refractivity contribution in [3.05, 3.63) is 34.9 Å². The Bertz CT molecular complexity index is 446. The Labute approximate surface area is 102 Å². The maximum absolute atomic E-state index is 11.9. The standard InChI is InChI=1S/C15H19NO/c1-10-6-7-12-13(8-10)15(17)16-9-14(12)11-4-2-3-5-11/h6-8,11,14H,2-5,9H2,1H3,(H,16,17). The average molecular weight is 229 g/mol. The van der Waals surface area contributed by atoms with Gasteiger partial charge in [-0.05, 0) is 37.3 Å². The van der Waals surface area contributed by atoms with E-state index in [9.17, 15) is 4.79 Å². The van der Waals surface area contributed by atoms with Gasteiger partial charge in [0.1, 0.15) is 0 Å². The van der Waals surface area contributed by atoms with E-state index in [1.54, 1.807) is 0 Å². The van der Waals surface area contributed by atoms with Gasteiger partial charge in [0.25, 0.3) is 5.91 Å². The third-order valence-electron chi connectivity index (χ3n) is 4.30. The molecule has 0 aromatic heterocycles. The number of hydrogen-bond donors (Lipinski definition) is 1. The molecule has 1 aliphatic heterocycles. The van der Waals surface area contributed by atoms with Gasteiger partial charge in [-0.25, -0.2) is 0 Å². The minimum atomic E-state index is 0.109. The fourth-order valence-corrected chi connectivity index (χ4v) is 3.38. The Morgan fingerprint density at radius 1 is 1.24 bits per heavy atom. The number of carbonyl (C=O) groups is 1. The van der Waals surface area contributed by atoms with Crippen LogP contribution in [-0.4, -0.2) is 12.5 Å². The van der Waals surface area contributed by atoms with E-state index in [1.807, 2.05) is 13.0 Å². The van der Waals surface area contributed by atoms with Crippen LogP contribution in [0.4, 0.5) is 0 Å². The van der Waals surface area contributed by atoms with Crippen molar-refractivity contribution in [2.45, 2.75) is 38.5 Å². The van der Waals surface area contributed by atoms with E-state index in [1.165, 1.54) is 36.8 Å². The second kappa shape index (κ2) is 4.17. The van der Waals surface area contributed by atoms with E-state index in [0.717, 1.165) is 18.0 Å². The molecule has 3 rings (SSSR count). The zero-order chi connectivity index (χ0) is 11.8. The zero-order valence-corrected chi connectivity index (χ0v) is 10.3. The van der Waals surface area contributed by atoms with Gasteiger partial charge in [0.05, 0.1) is 0 Å². The van der Waals surface area contributed by atoms with Crippen molar-refractivity contribution in [1.82, 2.24) is 5.32 Å². The Balaban J connectivity index is 1.99. The van der Waals surface area contributed by atoms with Gasteiger partial charge in [-0.3, -0.25) is 4.79 Å². The maximum Gasteiger partial charge on any atom is 0.251 e. The molecule has 0 radical (unpaired) electrons. The van der Waals surface area contributed by atoms with Crippen molar-refractivity contribution in [3.8, 4) is 0 Å². The summed E-state index contributed by atoms with van der Waals surface area (Å²) >= 11 is 0. The van der Waals surface area contributed by atoms with E-state index in [-0.39, 0.29) is 5.91 Å². The summed E-state index contributed by atoms with van der Waals surface area (Å²) in [5, 5.41) is 3.05. The van der Waals surface area contributed by atoms with Crippen LogP contribution in [0.1, 0.15) is 53.1 Å². The van der Waals surface area contributed by atoms with E-state index < -0.39 is 0 Å². The minimum Gasteiger partial charge on any atom is -0.351 e. The predicted molar refractivity (Wildman–Crippen MR) is 68.2 cm³/mol. The summed E-state index contributed by atoms with van der Waals surface area (Å²) in [6.07, 6.45) is 5.37. The molecule has 1 saturated carbocycles. The summed E-state index contributed by atoms with van der Waals surface area (Å²) in [5.74, 6) is 1.43. The number of aryl methyl sites for hydroxylation is 1. The number of amides is 1. The molecule has 1 aromatic carbocycles. The first-order chi connectivity index (χ1) is 8.25. The Hall–Kier alpha value is -1.31. The van der Waals surface area contributed by atoms with Crippen molar-refractivity contribution < 1.29 is 4.79 Å². The number of hydrogen-bond acceptors (Lipinski definition) is 1. The number of benzene rings is 1. The summed E-state index contributed by atoms with van der Waals surface area (Å²) in [5.41, 5.74) is 3.37. The van der Waals surface area contributed by atoms with Crippen LogP contribution in [0.5, 0.6) is 0 Å². The summed E-state index contributed by atoms with van der Waals surface area (Å²) in [6, 6.07) is 6.34. The molecule has 0 saturated heterocycles. The summed E-state index contributed by atoms with van der Waals surface area (Å²) in [4.78, 5) is 11.9. The SMILES string of the molecule is Cc1ccc2c(c1)C(=O)NCC2C1CCCC1. The second-order valence-corrected chi connectivity index (χ2v) is 5.45. The van der Waals surface area contributed by atoms with Crippen LogP contribution < -0.4 is 5.32 Å². The fraction of sp³-hybridized carbons (Fsp3) is 0.533. The Morgan fingerprint density at radius 3 is 2.76 bits per heavy atom. The van der Waals surface area contributed by atoms with Gasteiger partial charge < -0.3 is 5.32 Å². The van der Waals surface area contributed by atoms with E-state index in [2.05, 4.69) is 17.4 Å². The molecule has 1 aromatic rings. The highest BCUT2D eigenvalue weighted by molar-refractivity contribution is 5.97. The smallest absolute Gasteiger partial charge is 0.251 e. The molecule has 1 fully saturated rings. The molecule has 2 heteroatoms. The lowest BCUT2D eigenvalue weighted by Gasteiger charge is -2.30. The molecule has 17 heavy (non-hydrogen) atoms. The fourth-order valence-electron chi connectivity index (χ4n) is 3.38. The Morgan fingerprint density at radius 2 is 2.00 bits per heavy atom. The molecular weight excluding hydrogens is 210 g/mol. The van der Waals surface area contributed by atoms with Gasteiger partial charge in [-0.15, -0.1) is 0 Å². The normalized spacial score (nSPS) is 24.5. The third-order valence-corrected chi connectivity index (χ3v) is 4.30. The summed E-state index contributed by atoms with van der Waals surface area (Å²) < 4.78 is 0. The van der Waals surface area contributed by atoms with E-state index >= 15 is 0 Å². The van der Waals surface area contributed by atoms with Crippen LogP contribution >= 0.6 is 0 Å². The number of fused-ring (bicyclic) bond motifs is 1. The molecule has 1 atom stereocenters. The van der Waals surface area contributed by atoms with Gasteiger partial charge in [-0.2, -0.15) is 0 Å². The highest BCUT2D eigenvalue weighted by atomic mass is 16.1. The molecule has 1 unspecified atom stereocenters. The van der Waals surface area contributed by atoms with Crippen molar-refractivity contribution >= 4 is 5.91 Å². The van der Waals surface area contributed by atoms with Gasteiger partial charge in [0.15, 0.2) is 0 Å². The second-order valence-electron chi connectivity index (χ2n) is 5.45. The molecular formula is C15H19NO.